The van der Waals surface area contributed by atoms with Crippen LogP contribution >= 0.6 is 0 Å². The van der Waals surface area contributed by atoms with E-state index in [2.05, 4.69) is 5.32 Å². The molecule has 4 heteroatoms. The molecule has 3 rings (SSSR count). The van der Waals surface area contributed by atoms with Crippen molar-refractivity contribution in [2.45, 2.75) is 18.9 Å². The summed E-state index contributed by atoms with van der Waals surface area (Å²) in [4.78, 5) is 12.5. The summed E-state index contributed by atoms with van der Waals surface area (Å²) in [5.74, 6) is 0.496. The minimum absolute atomic E-state index is 0.149. The van der Waals surface area contributed by atoms with Gasteiger partial charge >= 0.3 is 0 Å². The van der Waals surface area contributed by atoms with Crippen molar-refractivity contribution in [2.75, 3.05) is 6.54 Å². The van der Waals surface area contributed by atoms with Gasteiger partial charge in [0.05, 0.1) is 11.9 Å². The molecule has 0 spiro atoms. The molecule has 0 aliphatic heterocycles. The van der Waals surface area contributed by atoms with Crippen molar-refractivity contribution in [3.63, 3.8) is 0 Å². The first-order valence-electron chi connectivity index (χ1n) is 7.56. The van der Waals surface area contributed by atoms with Gasteiger partial charge in [-0.3, -0.25) is 4.79 Å². The van der Waals surface area contributed by atoms with Gasteiger partial charge in [-0.15, -0.1) is 0 Å². The number of aliphatic hydroxyl groups is 1. The van der Waals surface area contributed by atoms with Gasteiger partial charge in [0.15, 0.2) is 0 Å². The predicted octanol–water partition coefficient (Wildman–Crippen LogP) is 3.16. The third kappa shape index (κ3) is 3.60. The van der Waals surface area contributed by atoms with Crippen LogP contribution in [0.25, 0.3) is 10.8 Å². The van der Waals surface area contributed by atoms with E-state index in [1.165, 1.54) is 0 Å². The monoisotopic (exact) mass is 309 g/mol. The number of fused-ring (bicyclic) bond motifs is 1. The van der Waals surface area contributed by atoms with E-state index in [0.717, 1.165) is 10.8 Å². The maximum Gasteiger partial charge on any atom is 0.252 e. The molecule has 0 saturated carbocycles. The maximum absolute atomic E-state index is 12.5. The fraction of sp³-hybridized carbons (Fsp3) is 0.211. The van der Waals surface area contributed by atoms with E-state index in [9.17, 15) is 9.90 Å². The molecular weight excluding hydrogens is 290 g/mol. The largest absolute Gasteiger partial charge is 0.469 e. The molecule has 1 aromatic heterocycles. The number of amides is 1. The molecule has 0 aliphatic rings. The van der Waals surface area contributed by atoms with Crippen LogP contribution in [0.2, 0.25) is 0 Å². The molecule has 4 nitrogen and oxygen atoms in total. The SMILES string of the molecule is C[C@@](O)(CNC(=O)c1cccc2ccccc12)Cc1ccco1. The first-order valence-corrected chi connectivity index (χ1v) is 7.56. The maximum atomic E-state index is 12.5. The highest BCUT2D eigenvalue weighted by Gasteiger charge is 2.23. The average molecular weight is 309 g/mol. The van der Waals surface area contributed by atoms with E-state index in [-0.39, 0.29) is 12.5 Å². The molecule has 1 atom stereocenters. The molecule has 0 unspecified atom stereocenters. The van der Waals surface area contributed by atoms with Gasteiger partial charge in [0.2, 0.25) is 0 Å². The second kappa shape index (κ2) is 6.26. The number of hydrogen-bond acceptors (Lipinski definition) is 3. The molecule has 0 fully saturated rings. The average Bonchev–Trinajstić information content (AvgIpc) is 3.04. The number of hydrogen-bond donors (Lipinski definition) is 2. The minimum Gasteiger partial charge on any atom is -0.469 e. The highest BCUT2D eigenvalue weighted by Crippen LogP contribution is 2.19. The predicted molar refractivity (Wildman–Crippen MR) is 89.3 cm³/mol. The molecule has 0 bridgehead atoms. The van der Waals surface area contributed by atoms with Gasteiger partial charge in [-0.2, -0.15) is 0 Å². The first-order chi connectivity index (χ1) is 11.1. The van der Waals surface area contributed by atoms with Crippen LogP contribution in [0.3, 0.4) is 0 Å². The van der Waals surface area contributed by atoms with Crippen LogP contribution in [0.5, 0.6) is 0 Å². The second-order valence-corrected chi connectivity index (χ2v) is 5.96. The molecule has 118 valence electrons. The minimum atomic E-state index is -1.07. The van der Waals surface area contributed by atoms with Crippen molar-refractivity contribution in [3.05, 3.63) is 72.2 Å². The summed E-state index contributed by atoms with van der Waals surface area (Å²) in [5, 5.41) is 15.2. The van der Waals surface area contributed by atoms with Crippen LogP contribution in [0.15, 0.2) is 65.3 Å². The lowest BCUT2D eigenvalue weighted by Crippen LogP contribution is -2.42. The number of rotatable bonds is 5. The molecule has 0 saturated heterocycles. The van der Waals surface area contributed by atoms with E-state index in [1.807, 2.05) is 36.4 Å². The van der Waals surface area contributed by atoms with E-state index < -0.39 is 5.60 Å². The van der Waals surface area contributed by atoms with Gasteiger partial charge < -0.3 is 14.8 Å². The van der Waals surface area contributed by atoms with Crippen LogP contribution in [-0.4, -0.2) is 23.2 Å². The summed E-state index contributed by atoms with van der Waals surface area (Å²) in [7, 11) is 0. The van der Waals surface area contributed by atoms with Crippen molar-refractivity contribution in [3.8, 4) is 0 Å². The van der Waals surface area contributed by atoms with Crippen LogP contribution in [0, 0.1) is 0 Å². The van der Waals surface area contributed by atoms with Crippen molar-refractivity contribution in [1.82, 2.24) is 5.32 Å². The van der Waals surface area contributed by atoms with Gasteiger partial charge in [-0.05, 0) is 35.9 Å². The molecule has 0 radical (unpaired) electrons. The number of furan rings is 1. The summed E-state index contributed by atoms with van der Waals surface area (Å²) >= 11 is 0. The van der Waals surface area contributed by atoms with Gasteiger partial charge in [0, 0.05) is 18.5 Å². The quantitative estimate of drug-likeness (QED) is 0.761. The third-order valence-electron chi connectivity index (χ3n) is 3.80. The fourth-order valence-electron chi connectivity index (χ4n) is 2.64. The third-order valence-corrected chi connectivity index (χ3v) is 3.80. The molecular formula is C19H19NO3. The summed E-state index contributed by atoms with van der Waals surface area (Å²) in [6, 6.07) is 17.0. The zero-order valence-corrected chi connectivity index (χ0v) is 13.0. The summed E-state index contributed by atoms with van der Waals surface area (Å²) < 4.78 is 5.25. The Morgan fingerprint density at radius 2 is 1.91 bits per heavy atom. The Morgan fingerprint density at radius 1 is 1.13 bits per heavy atom. The Kier molecular flexibility index (Phi) is 4.17. The van der Waals surface area contributed by atoms with Gasteiger partial charge in [-0.25, -0.2) is 0 Å². The zero-order valence-electron chi connectivity index (χ0n) is 13.0. The Hall–Kier alpha value is -2.59. The molecule has 2 aromatic carbocycles. The van der Waals surface area contributed by atoms with Crippen LogP contribution < -0.4 is 5.32 Å². The summed E-state index contributed by atoms with van der Waals surface area (Å²) in [6.45, 7) is 1.83. The summed E-state index contributed by atoms with van der Waals surface area (Å²) in [5.41, 5.74) is -0.463. The Balaban J connectivity index is 1.71. The van der Waals surface area contributed by atoms with Gasteiger partial charge in [-0.1, -0.05) is 36.4 Å². The van der Waals surface area contributed by atoms with E-state index in [0.29, 0.717) is 17.7 Å². The number of carbonyl (C=O) groups is 1. The normalized spacial score (nSPS) is 13.7. The van der Waals surface area contributed by atoms with Gasteiger partial charge in [0.1, 0.15) is 5.76 Å². The Morgan fingerprint density at radius 3 is 2.70 bits per heavy atom. The molecule has 2 N–H and O–H groups in total. The van der Waals surface area contributed by atoms with Crippen molar-refractivity contribution in [1.29, 1.82) is 0 Å². The van der Waals surface area contributed by atoms with Gasteiger partial charge in [0.25, 0.3) is 5.91 Å². The number of carbonyl (C=O) groups excluding carboxylic acids is 1. The molecule has 3 aromatic rings. The Labute approximate surface area is 134 Å². The fourth-order valence-corrected chi connectivity index (χ4v) is 2.64. The lowest BCUT2D eigenvalue weighted by atomic mass is 10.00. The number of benzene rings is 2. The lowest BCUT2D eigenvalue weighted by molar-refractivity contribution is 0.0510. The highest BCUT2D eigenvalue weighted by molar-refractivity contribution is 6.07. The van der Waals surface area contributed by atoms with E-state index >= 15 is 0 Å². The van der Waals surface area contributed by atoms with Crippen LogP contribution in [0.1, 0.15) is 23.0 Å². The molecule has 0 aliphatic carbocycles. The van der Waals surface area contributed by atoms with Crippen molar-refractivity contribution >= 4 is 16.7 Å². The zero-order chi connectivity index (χ0) is 16.3. The smallest absolute Gasteiger partial charge is 0.252 e. The lowest BCUT2D eigenvalue weighted by Gasteiger charge is -2.22. The first kappa shape index (κ1) is 15.3. The van der Waals surface area contributed by atoms with Crippen LogP contribution in [-0.2, 0) is 6.42 Å². The van der Waals surface area contributed by atoms with Crippen molar-refractivity contribution in [2.24, 2.45) is 0 Å². The van der Waals surface area contributed by atoms with Crippen LogP contribution in [0.4, 0.5) is 0 Å². The Bertz CT molecular complexity index is 801. The number of nitrogens with one attached hydrogen (secondary N) is 1. The molecule has 1 heterocycles. The molecule has 23 heavy (non-hydrogen) atoms. The topological polar surface area (TPSA) is 62.5 Å². The van der Waals surface area contributed by atoms with E-state index in [1.54, 1.807) is 31.4 Å². The standard InChI is InChI=1S/C19H19NO3/c1-19(22,12-15-8-5-11-23-15)13-20-18(21)17-10-4-7-14-6-2-3-9-16(14)17/h2-11,22H,12-13H2,1H3,(H,20,21)/t19-/m0/s1. The van der Waals surface area contributed by atoms with E-state index in [4.69, 9.17) is 4.42 Å². The molecule has 1 amide bonds. The summed E-state index contributed by atoms with van der Waals surface area (Å²) in [6.07, 6.45) is 1.91. The van der Waals surface area contributed by atoms with Crippen molar-refractivity contribution < 1.29 is 14.3 Å². The second-order valence-electron chi connectivity index (χ2n) is 5.96. The highest BCUT2D eigenvalue weighted by atomic mass is 16.3.